The van der Waals surface area contributed by atoms with Gasteiger partial charge in [0.1, 0.15) is 30.0 Å². The zero-order valence-corrected chi connectivity index (χ0v) is 16.6. The van der Waals surface area contributed by atoms with Crippen molar-refractivity contribution in [2.24, 2.45) is 0 Å². The van der Waals surface area contributed by atoms with Crippen molar-refractivity contribution in [3.05, 3.63) is 39.8 Å². The second-order valence-electron chi connectivity index (χ2n) is 7.04. The molecule has 1 N–H and O–H groups in total. The molecular weight excluding hydrogens is 398 g/mol. The van der Waals surface area contributed by atoms with Gasteiger partial charge in [0, 0.05) is 44.4 Å². The van der Waals surface area contributed by atoms with Crippen molar-refractivity contribution in [2.45, 2.75) is 18.9 Å². The van der Waals surface area contributed by atoms with Gasteiger partial charge in [-0.25, -0.2) is 15.0 Å². The summed E-state index contributed by atoms with van der Waals surface area (Å²) in [5, 5.41) is 14.4. The second kappa shape index (κ2) is 8.75. The highest BCUT2D eigenvalue weighted by Gasteiger charge is 2.23. The van der Waals surface area contributed by atoms with Crippen LogP contribution in [0.25, 0.3) is 0 Å². The minimum Gasteiger partial charge on any atom is -0.378 e. The molecule has 2 fully saturated rings. The third-order valence-electron chi connectivity index (χ3n) is 5.10. The number of rotatable bonds is 5. The van der Waals surface area contributed by atoms with E-state index in [1.165, 1.54) is 12.3 Å². The van der Waals surface area contributed by atoms with E-state index in [0.29, 0.717) is 19.0 Å². The molecular formula is C18H22ClN7O3. The van der Waals surface area contributed by atoms with Crippen molar-refractivity contribution in [2.75, 3.05) is 54.5 Å². The predicted octanol–water partition coefficient (Wildman–Crippen LogP) is 2.35. The molecule has 11 heteroatoms. The third-order valence-corrected chi connectivity index (χ3v) is 5.39. The number of anilines is 3. The van der Waals surface area contributed by atoms with Crippen molar-refractivity contribution in [3.63, 3.8) is 0 Å². The van der Waals surface area contributed by atoms with Crippen LogP contribution in [0.1, 0.15) is 12.8 Å². The Morgan fingerprint density at radius 1 is 1.14 bits per heavy atom. The van der Waals surface area contributed by atoms with Gasteiger partial charge in [-0.3, -0.25) is 10.1 Å². The number of nitrogens with zero attached hydrogens (tertiary/aromatic N) is 6. The van der Waals surface area contributed by atoms with E-state index in [4.69, 9.17) is 16.3 Å². The van der Waals surface area contributed by atoms with Crippen LogP contribution in [0.2, 0.25) is 5.02 Å². The van der Waals surface area contributed by atoms with Gasteiger partial charge in [-0.2, -0.15) is 0 Å². The molecule has 2 aromatic rings. The summed E-state index contributed by atoms with van der Waals surface area (Å²) in [6.45, 7) is 4.69. The smallest absolute Gasteiger partial charge is 0.289 e. The molecule has 0 amide bonds. The van der Waals surface area contributed by atoms with Gasteiger partial charge in [-0.15, -0.1) is 0 Å². The minimum atomic E-state index is -0.508. The molecule has 1 atom stereocenters. The van der Waals surface area contributed by atoms with E-state index in [9.17, 15) is 10.1 Å². The molecule has 0 aromatic carbocycles. The average molecular weight is 420 g/mol. The number of hydrogen-bond donors (Lipinski definition) is 1. The zero-order chi connectivity index (χ0) is 20.2. The van der Waals surface area contributed by atoms with Gasteiger partial charge in [0.25, 0.3) is 5.69 Å². The largest absolute Gasteiger partial charge is 0.378 e. The average Bonchev–Trinajstić information content (AvgIpc) is 2.76. The van der Waals surface area contributed by atoms with E-state index in [2.05, 4.69) is 30.1 Å². The first kappa shape index (κ1) is 19.6. The summed E-state index contributed by atoms with van der Waals surface area (Å²) >= 11 is 6.17. The SMILES string of the molecule is O=[N+]([O-])c1cnc(NC2CCCN(c3cc(N4CCOCC4)ncn3)C2)c(Cl)c1. The summed E-state index contributed by atoms with van der Waals surface area (Å²) < 4.78 is 5.41. The lowest BCUT2D eigenvalue weighted by Gasteiger charge is -2.35. The highest BCUT2D eigenvalue weighted by Crippen LogP contribution is 2.27. The van der Waals surface area contributed by atoms with Crippen LogP contribution >= 0.6 is 11.6 Å². The van der Waals surface area contributed by atoms with E-state index in [-0.39, 0.29) is 16.8 Å². The molecule has 2 aliphatic rings. The van der Waals surface area contributed by atoms with E-state index in [1.807, 2.05) is 6.07 Å². The Morgan fingerprint density at radius 2 is 1.90 bits per heavy atom. The van der Waals surface area contributed by atoms with E-state index in [1.54, 1.807) is 6.33 Å². The highest BCUT2D eigenvalue weighted by atomic mass is 35.5. The Bertz CT molecular complexity index is 878. The van der Waals surface area contributed by atoms with Crippen LogP contribution in [0.5, 0.6) is 0 Å². The Balaban J connectivity index is 1.44. The summed E-state index contributed by atoms with van der Waals surface area (Å²) in [6, 6.07) is 3.44. The van der Waals surface area contributed by atoms with Gasteiger partial charge in [0.15, 0.2) is 0 Å². The standard InChI is InChI=1S/C18H22ClN7O3/c19-15-8-14(26(27)28)10-20-18(15)23-13-2-1-3-25(11-13)17-9-16(21-12-22-17)24-4-6-29-7-5-24/h8-10,12-13H,1-7,11H2,(H,20,23). The number of pyridine rings is 1. The lowest BCUT2D eigenvalue weighted by molar-refractivity contribution is -0.385. The fraction of sp³-hybridized carbons (Fsp3) is 0.500. The van der Waals surface area contributed by atoms with Gasteiger partial charge < -0.3 is 19.9 Å². The topological polar surface area (TPSA) is 110 Å². The molecule has 1 unspecified atom stereocenters. The fourth-order valence-electron chi connectivity index (χ4n) is 3.61. The van der Waals surface area contributed by atoms with Crippen molar-refractivity contribution >= 4 is 34.7 Å². The quantitative estimate of drug-likeness (QED) is 0.576. The Morgan fingerprint density at radius 3 is 2.62 bits per heavy atom. The Labute approximate surface area is 173 Å². The van der Waals surface area contributed by atoms with Crippen LogP contribution in [-0.2, 0) is 4.74 Å². The number of ether oxygens (including phenoxy) is 1. The molecule has 0 spiro atoms. The molecule has 10 nitrogen and oxygen atoms in total. The zero-order valence-electron chi connectivity index (χ0n) is 15.8. The maximum absolute atomic E-state index is 10.9. The van der Waals surface area contributed by atoms with Crippen LogP contribution in [0, 0.1) is 10.1 Å². The van der Waals surface area contributed by atoms with Gasteiger partial charge in [-0.1, -0.05) is 11.6 Å². The maximum atomic E-state index is 10.9. The summed E-state index contributed by atoms with van der Waals surface area (Å²) in [4.78, 5) is 27.8. The monoisotopic (exact) mass is 419 g/mol. The number of piperidine rings is 1. The van der Waals surface area contributed by atoms with Crippen LogP contribution in [0.4, 0.5) is 23.1 Å². The Kier molecular flexibility index (Phi) is 5.91. The number of nitro groups is 1. The van der Waals surface area contributed by atoms with Gasteiger partial charge in [-0.05, 0) is 12.8 Å². The van der Waals surface area contributed by atoms with Crippen molar-refractivity contribution in [3.8, 4) is 0 Å². The van der Waals surface area contributed by atoms with Gasteiger partial charge in [0.2, 0.25) is 0 Å². The van der Waals surface area contributed by atoms with Crippen molar-refractivity contribution in [1.82, 2.24) is 15.0 Å². The first-order chi connectivity index (χ1) is 14.1. The minimum absolute atomic E-state index is 0.108. The molecule has 2 aliphatic heterocycles. The summed E-state index contributed by atoms with van der Waals surface area (Å²) in [5.74, 6) is 2.25. The molecule has 154 valence electrons. The lowest BCUT2D eigenvalue weighted by atomic mass is 10.1. The summed E-state index contributed by atoms with van der Waals surface area (Å²) in [5.41, 5.74) is -0.123. The van der Waals surface area contributed by atoms with Crippen LogP contribution in [-0.4, -0.2) is 65.3 Å². The molecule has 0 bridgehead atoms. The number of morpholine rings is 1. The first-order valence-electron chi connectivity index (χ1n) is 9.56. The van der Waals surface area contributed by atoms with Crippen molar-refractivity contribution in [1.29, 1.82) is 0 Å². The fourth-order valence-corrected chi connectivity index (χ4v) is 3.82. The Hall–Kier alpha value is -2.72. The van der Waals surface area contributed by atoms with Crippen molar-refractivity contribution < 1.29 is 9.66 Å². The second-order valence-corrected chi connectivity index (χ2v) is 7.45. The van der Waals surface area contributed by atoms with E-state index in [0.717, 1.165) is 50.7 Å². The molecule has 29 heavy (non-hydrogen) atoms. The van der Waals surface area contributed by atoms with Crippen LogP contribution in [0.3, 0.4) is 0 Å². The lowest BCUT2D eigenvalue weighted by Crippen LogP contribution is -2.43. The number of nitrogens with one attached hydrogen (secondary N) is 1. The number of hydrogen-bond acceptors (Lipinski definition) is 9. The molecule has 0 aliphatic carbocycles. The highest BCUT2D eigenvalue weighted by molar-refractivity contribution is 6.33. The molecule has 0 radical (unpaired) electrons. The first-order valence-corrected chi connectivity index (χ1v) is 9.94. The molecule has 0 saturated carbocycles. The number of halogens is 1. The summed E-state index contributed by atoms with van der Waals surface area (Å²) in [6.07, 6.45) is 4.76. The van der Waals surface area contributed by atoms with E-state index >= 15 is 0 Å². The number of aromatic nitrogens is 3. The molecule has 4 heterocycles. The molecule has 4 rings (SSSR count). The van der Waals surface area contributed by atoms with E-state index < -0.39 is 4.92 Å². The molecule has 2 saturated heterocycles. The van der Waals surface area contributed by atoms with Crippen LogP contribution in [0.15, 0.2) is 24.7 Å². The summed E-state index contributed by atoms with van der Waals surface area (Å²) in [7, 11) is 0. The normalized spacial score (nSPS) is 19.8. The maximum Gasteiger partial charge on any atom is 0.289 e. The third kappa shape index (κ3) is 4.65. The van der Waals surface area contributed by atoms with Gasteiger partial charge >= 0.3 is 0 Å². The predicted molar refractivity (Wildman–Crippen MR) is 110 cm³/mol. The van der Waals surface area contributed by atoms with Crippen LogP contribution < -0.4 is 15.1 Å². The molecule has 2 aromatic heterocycles. The van der Waals surface area contributed by atoms with Gasteiger partial charge in [0.05, 0.1) is 23.2 Å².